The van der Waals surface area contributed by atoms with Gasteiger partial charge in [0.2, 0.25) is 5.91 Å². The fourth-order valence-electron chi connectivity index (χ4n) is 8.91. The fraction of sp³-hybridized carbons (Fsp3) is 0.901. The molecule has 94 heavy (non-hydrogen) atoms. The maximum absolute atomic E-state index is 13.0. The Morgan fingerprint density at radius 2 is 0.617 bits per heavy atom. The SMILES string of the molecule is C=C.CCCCCCCCCCCCC/C=C/[C@@H](O)[C@H](COC(=O)CCC(=O)OOCCOCCOCCOCCOCCOCCOCCOCCOCCOCCOCCOCCOCCOCCOCCOC)NC(=O)CCCCCCCCCCCCCCC. The van der Waals surface area contributed by atoms with Gasteiger partial charge in [-0.25, -0.2) is 4.79 Å². The molecule has 0 aliphatic heterocycles. The van der Waals surface area contributed by atoms with Crippen molar-refractivity contribution in [1.29, 1.82) is 0 Å². The third-order valence-corrected chi connectivity index (χ3v) is 14.3. The lowest BCUT2D eigenvalue weighted by atomic mass is 10.0. The summed E-state index contributed by atoms with van der Waals surface area (Å²) >= 11 is 0. The summed E-state index contributed by atoms with van der Waals surface area (Å²) in [6.07, 6.45) is 33.0. The van der Waals surface area contributed by atoms with Gasteiger partial charge in [-0.15, -0.1) is 13.2 Å². The van der Waals surface area contributed by atoms with Crippen LogP contribution in [-0.2, 0) is 99.9 Å². The van der Waals surface area contributed by atoms with E-state index in [4.69, 9.17) is 85.6 Å². The molecule has 0 aromatic rings. The van der Waals surface area contributed by atoms with Crippen LogP contribution in [0.3, 0.4) is 0 Å². The van der Waals surface area contributed by atoms with E-state index in [1.807, 2.05) is 6.08 Å². The second kappa shape index (κ2) is 84.4. The Labute approximate surface area is 569 Å². The summed E-state index contributed by atoms with van der Waals surface area (Å²) in [5.74, 6) is -1.57. The summed E-state index contributed by atoms with van der Waals surface area (Å²) in [6.45, 7) is 23.7. The zero-order valence-electron chi connectivity index (χ0n) is 59.5. The van der Waals surface area contributed by atoms with E-state index >= 15 is 0 Å². The van der Waals surface area contributed by atoms with Gasteiger partial charge in [0, 0.05) is 13.5 Å². The Hall–Kier alpha value is -2.79. The number of rotatable bonds is 80. The highest BCUT2D eigenvalue weighted by Crippen LogP contribution is 2.15. The number of aliphatic hydroxyl groups is 1. The van der Waals surface area contributed by atoms with E-state index in [9.17, 15) is 19.5 Å². The van der Waals surface area contributed by atoms with E-state index in [1.165, 1.54) is 122 Å². The lowest BCUT2D eigenvalue weighted by molar-refractivity contribution is -0.276. The smallest absolute Gasteiger partial charge is 0.342 e. The molecule has 0 aromatic heterocycles. The van der Waals surface area contributed by atoms with Crippen molar-refractivity contribution in [3.05, 3.63) is 25.3 Å². The Kier molecular flexibility index (Phi) is 83.8. The normalized spacial score (nSPS) is 12.1. The molecule has 558 valence electrons. The first-order valence-electron chi connectivity index (χ1n) is 36.1. The largest absolute Gasteiger partial charge is 0.463 e. The molecule has 0 heterocycles. The second-order valence-electron chi connectivity index (χ2n) is 22.4. The van der Waals surface area contributed by atoms with E-state index in [1.54, 1.807) is 13.2 Å². The van der Waals surface area contributed by atoms with Crippen molar-refractivity contribution in [3.8, 4) is 0 Å². The van der Waals surface area contributed by atoms with Gasteiger partial charge in [-0.2, -0.15) is 4.89 Å². The van der Waals surface area contributed by atoms with Crippen LogP contribution >= 0.6 is 0 Å². The lowest BCUT2D eigenvalue weighted by Crippen LogP contribution is -2.46. The van der Waals surface area contributed by atoms with Crippen LogP contribution in [0.2, 0.25) is 0 Å². The molecule has 23 nitrogen and oxygen atoms in total. The standard InChI is InChI=1S/C69H133NO22.C2H4/c1-4-6-8-10-12-14-16-18-20-22-24-26-28-30-66(71)65(70-67(72)31-29-27-25-23-21-19-17-15-13-11-9-7-5-2)64-90-68(73)32-33-69(74)92-91-63-62-89-61-60-88-59-58-87-57-56-86-55-54-85-53-52-84-51-50-83-49-48-82-47-46-81-45-44-80-43-42-79-41-40-78-39-38-77-37-36-76-35-34-75-3;1-2/h28,30,65-66,71H,4-27,29,31-64H2,1-3H3,(H,70,72);1-2H2/b30-28+;/t65-,66+;/m0./s1. The van der Waals surface area contributed by atoms with Crippen LogP contribution in [0.15, 0.2) is 25.3 Å². The predicted octanol–water partition coefficient (Wildman–Crippen LogP) is 11.0. The van der Waals surface area contributed by atoms with Crippen molar-refractivity contribution in [1.82, 2.24) is 5.32 Å². The maximum atomic E-state index is 13.0. The molecule has 0 bridgehead atoms. The first kappa shape index (κ1) is 93.3. The highest BCUT2D eigenvalue weighted by atomic mass is 17.2. The van der Waals surface area contributed by atoms with Gasteiger partial charge in [-0.1, -0.05) is 167 Å². The third kappa shape index (κ3) is 79.9. The number of aliphatic hydroxyl groups excluding tert-OH is 1. The molecule has 0 saturated carbocycles. The van der Waals surface area contributed by atoms with Crippen molar-refractivity contribution < 1.29 is 105 Å². The van der Waals surface area contributed by atoms with Gasteiger partial charge in [-0.3, -0.25) is 14.5 Å². The van der Waals surface area contributed by atoms with E-state index in [0.29, 0.717) is 191 Å². The predicted molar refractivity (Wildman–Crippen MR) is 365 cm³/mol. The summed E-state index contributed by atoms with van der Waals surface area (Å²) in [4.78, 5) is 47.6. The lowest BCUT2D eigenvalue weighted by Gasteiger charge is -2.22. The zero-order chi connectivity index (χ0) is 68.5. The minimum atomic E-state index is -1.04. The van der Waals surface area contributed by atoms with Gasteiger partial charge in [0.1, 0.15) is 13.2 Å². The molecule has 0 aliphatic carbocycles. The molecular formula is C71H137NO22. The van der Waals surface area contributed by atoms with Crippen molar-refractivity contribution in [2.45, 2.75) is 206 Å². The van der Waals surface area contributed by atoms with E-state index in [0.717, 1.165) is 38.5 Å². The number of unbranched alkanes of at least 4 members (excludes halogenated alkanes) is 23. The molecular weight excluding hydrogens is 1220 g/mol. The molecule has 0 spiro atoms. The Morgan fingerprint density at radius 3 is 0.926 bits per heavy atom. The molecule has 0 fully saturated rings. The van der Waals surface area contributed by atoms with Crippen LogP contribution in [0, 0.1) is 0 Å². The van der Waals surface area contributed by atoms with Crippen molar-refractivity contribution in [2.75, 3.05) is 212 Å². The van der Waals surface area contributed by atoms with Gasteiger partial charge < -0.3 is 86.2 Å². The van der Waals surface area contributed by atoms with E-state index in [-0.39, 0.29) is 38.6 Å². The number of methoxy groups -OCH3 is 1. The molecule has 0 aliphatic rings. The van der Waals surface area contributed by atoms with Crippen molar-refractivity contribution in [2.24, 2.45) is 0 Å². The van der Waals surface area contributed by atoms with Crippen LogP contribution in [0.1, 0.15) is 194 Å². The van der Waals surface area contributed by atoms with Crippen molar-refractivity contribution >= 4 is 17.8 Å². The maximum Gasteiger partial charge on any atom is 0.342 e. The second-order valence-corrected chi connectivity index (χ2v) is 22.4. The Morgan fingerprint density at radius 1 is 0.351 bits per heavy atom. The molecule has 0 unspecified atom stereocenters. The monoisotopic (exact) mass is 1360 g/mol. The topological polar surface area (TPSA) is 250 Å². The Bertz CT molecular complexity index is 1520. The van der Waals surface area contributed by atoms with Gasteiger partial charge in [0.25, 0.3) is 0 Å². The minimum Gasteiger partial charge on any atom is -0.463 e. The van der Waals surface area contributed by atoms with Crippen LogP contribution in [0.25, 0.3) is 0 Å². The molecule has 0 radical (unpaired) electrons. The molecule has 0 rings (SSSR count). The van der Waals surface area contributed by atoms with Crippen LogP contribution in [0.5, 0.6) is 0 Å². The van der Waals surface area contributed by atoms with Gasteiger partial charge >= 0.3 is 11.9 Å². The van der Waals surface area contributed by atoms with E-state index < -0.39 is 24.1 Å². The van der Waals surface area contributed by atoms with Crippen LogP contribution < -0.4 is 5.32 Å². The van der Waals surface area contributed by atoms with Gasteiger partial charge in [0.05, 0.1) is 217 Å². The number of amides is 1. The minimum absolute atomic E-state index is 0.00270. The molecule has 0 saturated heterocycles. The van der Waals surface area contributed by atoms with Crippen molar-refractivity contribution in [3.63, 3.8) is 0 Å². The number of hydrogen-bond donors (Lipinski definition) is 2. The number of nitrogens with one attached hydrogen (secondary N) is 1. The van der Waals surface area contributed by atoms with Gasteiger partial charge in [0.15, 0.2) is 0 Å². The molecule has 2 N–H and O–H groups in total. The van der Waals surface area contributed by atoms with Crippen LogP contribution in [-0.4, -0.2) is 247 Å². The number of esters is 1. The first-order valence-corrected chi connectivity index (χ1v) is 36.1. The average Bonchev–Trinajstić information content (AvgIpc) is 3.33. The fourth-order valence-corrected chi connectivity index (χ4v) is 8.91. The summed E-state index contributed by atoms with van der Waals surface area (Å²) < 4.78 is 87.2. The zero-order valence-corrected chi connectivity index (χ0v) is 59.5. The molecule has 0 aromatic carbocycles. The molecule has 1 amide bonds. The summed E-state index contributed by atoms with van der Waals surface area (Å²) in [5, 5.41) is 14.0. The summed E-state index contributed by atoms with van der Waals surface area (Å²) in [7, 11) is 1.64. The summed E-state index contributed by atoms with van der Waals surface area (Å²) in [6, 6.07) is -0.816. The first-order chi connectivity index (χ1) is 46.4. The number of allylic oxidation sites excluding steroid dienone is 1. The number of carbonyl (C=O) groups is 3. The molecule has 23 heteroatoms. The molecule has 2 atom stereocenters. The average molecular weight is 1360 g/mol. The van der Waals surface area contributed by atoms with Gasteiger partial charge in [-0.05, 0) is 19.3 Å². The van der Waals surface area contributed by atoms with E-state index in [2.05, 4.69) is 32.3 Å². The summed E-state index contributed by atoms with van der Waals surface area (Å²) in [5.41, 5.74) is 0. The van der Waals surface area contributed by atoms with Crippen LogP contribution in [0.4, 0.5) is 0 Å². The number of carbonyl (C=O) groups excluding carboxylic acids is 3. The third-order valence-electron chi connectivity index (χ3n) is 14.3. The number of ether oxygens (including phenoxy) is 16. The highest BCUT2D eigenvalue weighted by molar-refractivity contribution is 5.78. The number of hydrogen-bond acceptors (Lipinski definition) is 22. The Balaban J connectivity index is 0. The highest BCUT2D eigenvalue weighted by Gasteiger charge is 2.22. The quantitative estimate of drug-likeness (QED) is 0.0189.